The molecule has 0 aliphatic carbocycles. The largest absolute Gasteiger partial charge is 0.493 e. The first-order valence-corrected chi connectivity index (χ1v) is 9.42. The molecular weight excluding hydrogens is 505 g/mol. The van der Waals surface area contributed by atoms with Crippen LogP contribution < -0.4 is 25.0 Å². The number of rotatable bonds is 6. The SMILES string of the molecule is CN=C(NCc1cccc(OC)c1OC)NC1CCN(c2ccc(F)cc2F)C1.I. The van der Waals surface area contributed by atoms with E-state index in [-0.39, 0.29) is 30.0 Å². The maximum Gasteiger partial charge on any atom is 0.191 e. The van der Waals surface area contributed by atoms with E-state index >= 15 is 0 Å². The summed E-state index contributed by atoms with van der Waals surface area (Å²) >= 11 is 0. The molecule has 3 rings (SSSR count). The molecule has 2 aromatic carbocycles. The van der Waals surface area contributed by atoms with Crippen molar-refractivity contribution in [2.45, 2.75) is 19.0 Å². The van der Waals surface area contributed by atoms with E-state index in [4.69, 9.17) is 9.47 Å². The number of para-hydroxylation sites is 1. The normalized spacial score (nSPS) is 16.1. The number of halogens is 3. The molecule has 6 nitrogen and oxygen atoms in total. The van der Waals surface area contributed by atoms with Gasteiger partial charge in [0, 0.05) is 44.4 Å². The van der Waals surface area contributed by atoms with Crippen molar-refractivity contribution in [3.63, 3.8) is 0 Å². The minimum Gasteiger partial charge on any atom is -0.493 e. The Hall–Kier alpha value is -2.30. The molecule has 0 aromatic heterocycles. The molecule has 164 valence electrons. The van der Waals surface area contributed by atoms with E-state index < -0.39 is 11.6 Å². The van der Waals surface area contributed by atoms with Crippen LogP contribution in [0.25, 0.3) is 0 Å². The highest BCUT2D eigenvalue weighted by molar-refractivity contribution is 14.0. The third-order valence-corrected chi connectivity index (χ3v) is 4.93. The van der Waals surface area contributed by atoms with Crippen LogP contribution >= 0.6 is 24.0 Å². The molecule has 1 heterocycles. The first-order chi connectivity index (χ1) is 14.0. The zero-order valence-corrected chi connectivity index (χ0v) is 19.6. The molecule has 1 saturated heterocycles. The van der Waals surface area contributed by atoms with Crippen LogP contribution in [0.2, 0.25) is 0 Å². The number of nitrogens with zero attached hydrogens (tertiary/aromatic N) is 2. The van der Waals surface area contributed by atoms with E-state index in [1.54, 1.807) is 21.3 Å². The van der Waals surface area contributed by atoms with Gasteiger partial charge in [0.1, 0.15) is 11.6 Å². The number of anilines is 1. The van der Waals surface area contributed by atoms with Crippen LogP contribution in [0, 0.1) is 11.6 Å². The minimum absolute atomic E-state index is 0. The standard InChI is InChI=1S/C21H26F2N4O2.HI/c1-24-21(25-12-14-5-4-6-19(28-2)20(14)29-3)26-16-9-10-27(13-16)18-8-7-15(22)11-17(18)23;/h4-8,11,16H,9-10,12-13H2,1-3H3,(H2,24,25,26);1H. The summed E-state index contributed by atoms with van der Waals surface area (Å²) in [5.74, 6) is 0.872. The fraction of sp³-hybridized carbons (Fsp3) is 0.381. The van der Waals surface area contributed by atoms with Gasteiger partial charge in [0.15, 0.2) is 17.5 Å². The molecule has 9 heteroatoms. The predicted molar refractivity (Wildman–Crippen MR) is 125 cm³/mol. The third-order valence-electron chi connectivity index (χ3n) is 4.93. The van der Waals surface area contributed by atoms with Gasteiger partial charge in [-0.25, -0.2) is 8.78 Å². The summed E-state index contributed by atoms with van der Waals surface area (Å²) in [5.41, 5.74) is 1.36. The quantitative estimate of drug-likeness (QED) is 0.339. The van der Waals surface area contributed by atoms with Gasteiger partial charge in [0.25, 0.3) is 0 Å². The van der Waals surface area contributed by atoms with Gasteiger partial charge in [-0.2, -0.15) is 0 Å². The number of guanidine groups is 1. The van der Waals surface area contributed by atoms with Gasteiger partial charge in [0.05, 0.1) is 19.9 Å². The van der Waals surface area contributed by atoms with Crippen molar-refractivity contribution in [3.8, 4) is 11.5 Å². The minimum atomic E-state index is -0.572. The van der Waals surface area contributed by atoms with Crippen molar-refractivity contribution in [1.29, 1.82) is 0 Å². The van der Waals surface area contributed by atoms with Crippen LogP contribution in [0.4, 0.5) is 14.5 Å². The van der Waals surface area contributed by atoms with Gasteiger partial charge < -0.3 is 25.0 Å². The maximum atomic E-state index is 14.0. The smallest absolute Gasteiger partial charge is 0.191 e. The molecule has 0 saturated carbocycles. The summed E-state index contributed by atoms with van der Waals surface area (Å²) in [7, 11) is 4.91. The van der Waals surface area contributed by atoms with E-state index in [1.165, 1.54) is 12.1 Å². The first kappa shape index (κ1) is 24.0. The van der Waals surface area contributed by atoms with Crippen molar-refractivity contribution >= 4 is 35.6 Å². The highest BCUT2D eigenvalue weighted by atomic mass is 127. The molecular formula is C21H27F2IN4O2. The number of hydrogen-bond donors (Lipinski definition) is 2. The average molecular weight is 532 g/mol. The molecule has 0 bridgehead atoms. The van der Waals surface area contributed by atoms with Crippen molar-refractivity contribution in [3.05, 3.63) is 53.6 Å². The molecule has 30 heavy (non-hydrogen) atoms. The number of ether oxygens (including phenoxy) is 2. The van der Waals surface area contributed by atoms with Gasteiger partial charge in [-0.05, 0) is 24.6 Å². The Morgan fingerprint density at radius 3 is 2.67 bits per heavy atom. The Bertz CT molecular complexity index is 882. The fourth-order valence-electron chi connectivity index (χ4n) is 3.49. The summed E-state index contributed by atoms with van der Waals surface area (Å²) in [6.07, 6.45) is 0.819. The molecule has 0 radical (unpaired) electrons. The molecule has 2 aromatic rings. The lowest BCUT2D eigenvalue weighted by Gasteiger charge is -2.21. The van der Waals surface area contributed by atoms with Gasteiger partial charge >= 0.3 is 0 Å². The fourth-order valence-corrected chi connectivity index (χ4v) is 3.49. The van der Waals surface area contributed by atoms with Gasteiger partial charge in [0.2, 0.25) is 0 Å². The number of benzene rings is 2. The first-order valence-electron chi connectivity index (χ1n) is 9.42. The molecule has 2 N–H and O–H groups in total. The zero-order chi connectivity index (χ0) is 20.8. The second-order valence-electron chi connectivity index (χ2n) is 6.75. The Morgan fingerprint density at radius 1 is 1.20 bits per heavy atom. The Balaban J connectivity index is 0.00000320. The van der Waals surface area contributed by atoms with E-state index in [1.807, 2.05) is 23.1 Å². The average Bonchev–Trinajstić information content (AvgIpc) is 3.18. The van der Waals surface area contributed by atoms with Crippen LogP contribution in [0.1, 0.15) is 12.0 Å². The van der Waals surface area contributed by atoms with Crippen molar-refractivity contribution in [2.75, 3.05) is 39.3 Å². The molecule has 1 atom stereocenters. The Kier molecular flexibility index (Phi) is 8.94. The number of hydrogen-bond acceptors (Lipinski definition) is 4. The Morgan fingerprint density at radius 2 is 2.00 bits per heavy atom. The molecule has 0 amide bonds. The van der Waals surface area contributed by atoms with Crippen molar-refractivity contribution in [1.82, 2.24) is 10.6 Å². The zero-order valence-electron chi connectivity index (χ0n) is 17.2. The van der Waals surface area contributed by atoms with Crippen LogP contribution in [0.5, 0.6) is 11.5 Å². The van der Waals surface area contributed by atoms with Crippen LogP contribution in [-0.2, 0) is 6.54 Å². The predicted octanol–water partition coefficient (Wildman–Crippen LogP) is 3.54. The number of nitrogens with one attached hydrogen (secondary N) is 2. The van der Waals surface area contributed by atoms with Crippen LogP contribution in [0.3, 0.4) is 0 Å². The monoisotopic (exact) mass is 532 g/mol. The van der Waals surface area contributed by atoms with E-state index in [0.717, 1.165) is 18.1 Å². The van der Waals surface area contributed by atoms with E-state index in [2.05, 4.69) is 15.6 Å². The highest BCUT2D eigenvalue weighted by Gasteiger charge is 2.25. The molecule has 0 spiro atoms. The summed E-state index contributed by atoms with van der Waals surface area (Å²) in [5, 5.41) is 6.63. The van der Waals surface area contributed by atoms with Crippen molar-refractivity contribution in [2.24, 2.45) is 4.99 Å². The third kappa shape index (κ3) is 5.65. The number of aliphatic imine (C=N–C) groups is 1. The lowest BCUT2D eigenvalue weighted by Crippen LogP contribution is -2.44. The lowest BCUT2D eigenvalue weighted by atomic mass is 10.2. The second kappa shape index (κ2) is 11.2. The topological polar surface area (TPSA) is 58.1 Å². The Labute approximate surface area is 192 Å². The summed E-state index contributed by atoms with van der Waals surface area (Å²) < 4.78 is 38.0. The van der Waals surface area contributed by atoms with Crippen LogP contribution in [-0.4, -0.2) is 46.4 Å². The highest BCUT2D eigenvalue weighted by Crippen LogP contribution is 2.30. The summed E-state index contributed by atoms with van der Waals surface area (Å²) in [6.45, 7) is 1.79. The maximum absolute atomic E-state index is 14.0. The molecule has 1 fully saturated rings. The number of methoxy groups -OCH3 is 2. The molecule has 1 unspecified atom stereocenters. The molecule has 1 aliphatic heterocycles. The second-order valence-corrected chi connectivity index (χ2v) is 6.75. The summed E-state index contributed by atoms with van der Waals surface area (Å²) in [4.78, 5) is 6.18. The van der Waals surface area contributed by atoms with Gasteiger partial charge in [-0.3, -0.25) is 4.99 Å². The van der Waals surface area contributed by atoms with E-state index in [9.17, 15) is 8.78 Å². The van der Waals surface area contributed by atoms with Crippen molar-refractivity contribution < 1.29 is 18.3 Å². The molecule has 1 aliphatic rings. The van der Waals surface area contributed by atoms with E-state index in [0.29, 0.717) is 42.8 Å². The summed E-state index contributed by atoms with van der Waals surface area (Å²) in [6, 6.07) is 9.47. The van der Waals surface area contributed by atoms with Crippen LogP contribution in [0.15, 0.2) is 41.4 Å². The lowest BCUT2D eigenvalue weighted by molar-refractivity contribution is 0.351. The van der Waals surface area contributed by atoms with Gasteiger partial charge in [-0.15, -0.1) is 24.0 Å². The van der Waals surface area contributed by atoms with Gasteiger partial charge in [-0.1, -0.05) is 12.1 Å².